The average molecular weight is 259 g/mol. The molecule has 2 N–H and O–H groups in total. The third-order valence-electron chi connectivity index (χ3n) is 1.84. The van der Waals surface area contributed by atoms with Gasteiger partial charge in [0, 0.05) is 22.1 Å². The first-order chi connectivity index (χ1) is 6.30. The summed E-state index contributed by atoms with van der Waals surface area (Å²) in [7, 11) is 0. The lowest BCUT2D eigenvalue weighted by Crippen LogP contribution is -2.28. The van der Waals surface area contributed by atoms with E-state index in [9.17, 15) is 10.1 Å². The first kappa shape index (κ1) is 11.1. The van der Waals surface area contributed by atoms with Gasteiger partial charge in [0.05, 0.1) is 4.92 Å². The fraction of sp³-hybridized carbons (Fsp3) is 0.333. The number of nitrogens with zero attached hydrogens (tertiary/aromatic N) is 1. The maximum Gasteiger partial charge on any atom is 0.270 e. The fourth-order valence-electron chi connectivity index (χ4n) is 1.05. The molecule has 1 rings (SSSR count). The standard InChI is InChI=1S/C9H11BrN2O2/c1-9(2,11)6-3-7(10)5-8(4-6)12(13)14/h3-5H,11H2,1-2H3. The van der Waals surface area contributed by atoms with E-state index in [1.165, 1.54) is 12.1 Å². The minimum atomic E-state index is -0.575. The number of rotatable bonds is 2. The SMILES string of the molecule is CC(C)(N)c1cc(Br)cc([N+](=O)[O-])c1. The minimum absolute atomic E-state index is 0.0490. The Hall–Kier alpha value is -0.940. The van der Waals surface area contributed by atoms with Gasteiger partial charge in [0.1, 0.15) is 0 Å². The van der Waals surface area contributed by atoms with Crippen molar-refractivity contribution in [2.45, 2.75) is 19.4 Å². The molecule has 0 fully saturated rings. The Morgan fingerprint density at radius 3 is 2.43 bits per heavy atom. The molecule has 0 aliphatic carbocycles. The van der Waals surface area contributed by atoms with E-state index in [1.54, 1.807) is 19.9 Å². The zero-order chi connectivity index (χ0) is 10.9. The molecule has 0 atom stereocenters. The van der Waals surface area contributed by atoms with Crippen LogP contribution in [0.4, 0.5) is 5.69 Å². The van der Waals surface area contributed by atoms with Gasteiger partial charge in [-0.05, 0) is 25.5 Å². The van der Waals surface area contributed by atoms with Gasteiger partial charge < -0.3 is 5.73 Å². The van der Waals surface area contributed by atoms with Crippen molar-refractivity contribution in [2.24, 2.45) is 5.73 Å². The molecule has 0 heterocycles. The van der Waals surface area contributed by atoms with Crippen molar-refractivity contribution >= 4 is 21.6 Å². The maximum atomic E-state index is 10.6. The number of nitro benzene ring substituents is 1. The van der Waals surface area contributed by atoms with Crippen LogP contribution in [0, 0.1) is 10.1 Å². The van der Waals surface area contributed by atoms with Crippen LogP contribution in [-0.2, 0) is 5.54 Å². The smallest absolute Gasteiger partial charge is 0.270 e. The van der Waals surface area contributed by atoms with E-state index in [-0.39, 0.29) is 5.69 Å². The van der Waals surface area contributed by atoms with Gasteiger partial charge in [0.2, 0.25) is 0 Å². The molecule has 0 aromatic heterocycles. The summed E-state index contributed by atoms with van der Waals surface area (Å²) in [4.78, 5) is 10.1. The van der Waals surface area contributed by atoms with E-state index in [1.807, 2.05) is 0 Å². The van der Waals surface area contributed by atoms with Crippen LogP contribution in [0.15, 0.2) is 22.7 Å². The molecule has 0 spiro atoms. The van der Waals surface area contributed by atoms with Gasteiger partial charge in [-0.25, -0.2) is 0 Å². The highest BCUT2D eigenvalue weighted by atomic mass is 79.9. The summed E-state index contributed by atoms with van der Waals surface area (Å²) < 4.78 is 0.667. The first-order valence-corrected chi connectivity index (χ1v) is 4.84. The Morgan fingerprint density at radius 2 is 2.00 bits per heavy atom. The summed E-state index contributed by atoms with van der Waals surface area (Å²) in [6, 6.07) is 4.73. The van der Waals surface area contributed by atoms with E-state index in [4.69, 9.17) is 5.73 Å². The van der Waals surface area contributed by atoms with Crippen molar-refractivity contribution in [2.75, 3.05) is 0 Å². The molecule has 0 saturated carbocycles. The minimum Gasteiger partial charge on any atom is -0.322 e. The Labute approximate surface area is 90.4 Å². The van der Waals surface area contributed by atoms with E-state index < -0.39 is 10.5 Å². The number of halogens is 1. The Bertz CT molecular complexity index is 372. The molecule has 0 aliphatic heterocycles. The van der Waals surface area contributed by atoms with Gasteiger partial charge >= 0.3 is 0 Å². The highest BCUT2D eigenvalue weighted by Crippen LogP contribution is 2.26. The lowest BCUT2D eigenvalue weighted by molar-refractivity contribution is -0.385. The molecule has 0 amide bonds. The van der Waals surface area contributed by atoms with Crippen LogP contribution in [0.2, 0.25) is 0 Å². The van der Waals surface area contributed by atoms with Crippen molar-refractivity contribution in [3.63, 3.8) is 0 Å². The Kier molecular flexibility index (Phi) is 2.92. The zero-order valence-corrected chi connectivity index (χ0v) is 9.54. The second-order valence-electron chi connectivity index (χ2n) is 3.68. The fourth-order valence-corrected chi connectivity index (χ4v) is 1.53. The molecule has 0 aliphatic rings. The largest absolute Gasteiger partial charge is 0.322 e. The molecular weight excluding hydrogens is 248 g/mol. The van der Waals surface area contributed by atoms with E-state index in [0.29, 0.717) is 4.47 Å². The quantitative estimate of drug-likeness (QED) is 0.655. The van der Waals surface area contributed by atoms with Crippen LogP contribution in [0.1, 0.15) is 19.4 Å². The number of nitrogens with two attached hydrogens (primary N) is 1. The number of non-ortho nitro benzene ring substituents is 1. The van der Waals surface area contributed by atoms with Gasteiger partial charge in [0.25, 0.3) is 5.69 Å². The summed E-state index contributed by atoms with van der Waals surface area (Å²) in [5, 5.41) is 10.6. The first-order valence-electron chi connectivity index (χ1n) is 4.05. The summed E-state index contributed by atoms with van der Waals surface area (Å²) in [5.74, 6) is 0. The molecule has 1 aromatic rings. The molecule has 14 heavy (non-hydrogen) atoms. The molecular formula is C9H11BrN2O2. The second-order valence-corrected chi connectivity index (χ2v) is 4.59. The topological polar surface area (TPSA) is 69.2 Å². The van der Waals surface area contributed by atoms with E-state index in [0.717, 1.165) is 5.56 Å². The van der Waals surface area contributed by atoms with Crippen LogP contribution in [0.5, 0.6) is 0 Å². The number of hydrogen-bond acceptors (Lipinski definition) is 3. The van der Waals surface area contributed by atoms with Crippen molar-refractivity contribution in [3.8, 4) is 0 Å². The van der Waals surface area contributed by atoms with E-state index in [2.05, 4.69) is 15.9 Å². The van der Waals surface area contributed by atoms with Crippen molar-refractivity contribution in [1.82, 2.24) is 0 Å². The van der Waals surface area contributed by atoms with Crippen LogP contribution in [-0.4, -0.2) is 4.92 Å². The molecule has 0 radical (unpaired) electrons. The van der Waals surface area contributed by atoms with Gasteiger partial charge in [-0.1, -0.05) is 15.9 Å². The number of nitro groups is 1. The van der Waals surface area contributed by atoms with Crippen molar-refractivity contribution < 1.29 is 4.92 Å². The van der Waals surface area contributed by atoms with Gasteiger partial charge in [-0.2, -0.15) is 0 Å². The third kappa shape index (κ3) is 2.52. The zero-order valence-electron chi connectivity index (χ0n) is 7.95. The highest BCUT2D eigenvalue weighted by molar-refractivity contribution is 9.10. The van der Waals surface area contributed by atoms with Crippen molar-refractivity contribution in [3.05, 3.63) is 38.3 Å². The summed E-state index contributed by atoms with van der Waals surface area (Å²) in [6.07, 6.45) is 0. The predicted octanol–water partition coefficient (Wildman–Crippen LogP) is 2.55. The summed E-state index contributed by atoms with van der Waals surface area (Å²) in [6.45, 7) is 3.61. The predicted molar refractivity (Wildman–Crippen MR) is 58.0 cm³/mol. The molecule has 5 heteroatoms. The Morgan fingerprint density at radius 1 is 1.43 bits per heavy atom. The molecule has 76 valence electrons. The van der Waals surface area contributed by atoms with Crippen LogP contribution in [0.3, 0.4) is 0 Å². The number of hydrogen-bond donors (Lipinski definition) is 1. The summed E-state index contributed by atoms with van der Waals surface area (Å²) in [5.41, 5.74) is 6.06. The lowest BCUT2D eigenvalue weighted by Gasteiger charge is -2.18. The molecule has 4 nitrogen and oxygen atoms in total. The molecule has 0 unspecified atom stereocenters. The molecule has 0 saturated heterocycles. The number of benzene rings is 1. The molecule has 1 aromatic carbocycles. The monoisotopic (exact) mass is 258 g/mol. The van der Waals surface area contributed by atoms with Crippen LogP contribution in [0.25, 0.3) is 0 Å². The van der Waals surface area contributed by atoms with Gasteiger partial charge in [-0.15, -0.1) is 0 Å². The van der Waals surface area contributed by atoms with Crippen molar-refractivity contribution in [1.29, 1.82) is 0 Å². The van der Waals surface area contributed by atoms with Crippen LogP contribution < -0.4 is 5.73 Å². The summed E-state index contributed by atoms with van der Waals surface area (Å²) >= 11 is 3.21. The highest BCUT2D eigenvalue weighted by Gasteiger charge is 2.18. The maximum absolute atomic E-state index is 10.6. The van der Waals surface area contributed by atoms with Crippen LogP contribution >= 0.6 is 15.9 Å². The van der Waals surface area contributed by atoms with Gasteiger partial charge in [0.15, 0.2) is 0 Å². The lowest BCUT2D eigenvalue weighted by atomic mass is 9.95. The third-order valence-corrected chi connectivity index (χ3v) is 2.30. The average Bonchev–Trinajstić information content (AvgIpc) is 2.01. The van der Waals surface area contributed by atoms with Gasteiger partial charge in [-0.3, -0.25) is 10.1 Å². The second kappa shape index (κ2) is 3.67. The van der Waals surface area contributed by atoms with E-state index >= 15 is 0 Å². The Balaban J connectivity index is 3.28. The molecule has 0 bridgehead atoms. The normalized spacial score (nSPS) is 11.4.